The average Bonchev–Trinajstić information content (AvgIpc) is 3.94. The van der Waals surface area contributed by atoms with Gasteiger partial charge >= 0.3 is 0 Å². The summed E-state index contributed by atoms with van der Waals surface area (Å²) in [6.45, 7) is 0. The van der Waals surface area contributed by atoms with Crippen LogP contribution in [0, 0.1) is 0 Å². The highest BCUT2D eigenvalue weighted by molar-refractivity contribution is 6.05. The van der Waals surface area contributed by atoms with Gasteiger partial charge in [-0.25, -0.2) is 0 Å². The Balaban J connectivity index is 0.000000187. The molecule has 0 fully saturated rings. The Labute approximate surface area is 382 Å². The van der Waals surface area contributed by atoms with Gasteiger partial charge in [0.05, 0.1) is 22.6 Å². The smallest absolute Gasteiger partial charge is 0.278 e. The SMILES string of the molecule is Nc1cccc(OC2=Cc3[nH]nc(/C=C/c4ccccc4)c3CC2)c1.O=C(Nc1cccc(Oc2ccc3c(/C=C/c4ccccc4)nn(C(=O)c4ccccc4)c3c2)c1)c1ccccc1. The number of fused-ring (bicyclic) bond motifs is 2. The molecule has 322 valence electrons. The molecule has 66 heavy (non-hydrogen) atoms. The molecule has 1 aliphatic rings. The second kappa shape index (κ2) is 20.0. The summed E-state index contributed by atoms with van der Waals surface area (Å²) < 4.78 is 13.5. The standard InChI is InChI=1S/C35H25N3O3.C21H19N3O/c39-34(26-13-6-2-7-14-26)36-28-17-10-18-29(23-28)41-30-20-21-31-32(22-19-25-11-4-1-5-12-25)37-38(33(31)24-30)35(40)27-15-8-3-9-16-27;22-16-7-4-8-17(13-16)25-18-10-11-19-20(23-24-21(19)14-18)12-9-15-5-2-1-3-6-15/h1-24H,(H,36,39);1-9,12-14H,10-11,22H2,(H,23,24)/b22-19+;12-9+. The van der Waals surface area contributed by atoms with Gasteiger partial charge < -0.3 is 20.5 Å². The Morgan fingerprint density at radius 1 is 0.591 bits per heavy atom. The molecule has 0 saturated carbocycles. The largest absolute Gasteiger partial charge is 0.462 e. The number of allylic oxidation sites excluding steroid dienone is 1. The number of nitrogen functional groups attached to an aromatic ring is 1. The first-order valence-electron chi connectivity index (χ1n) is 21.5. The number of rotatable bonds is 11. The Kier molecular flexibility index (Phi) is 12.8. The number of ether oxygens (including phenoxy) is 2. The van der Waals surface area contributed by atoms with E-state index in [1.807, 2.05) is 152 Å². The van der Waals surface area contributed by atoms with E-state index in [0.717, 1.165) is 52.3 Å². The van der Waals surface area contributed by atoms with Crippen LogP contribution in [0.1, 0.15) is 60.9 Å². The summed E-state index contributed by atoms with van der Waals surface area (Å²) in [4.78, 5) is 26.1. The number of hydrogen-bond donors (Lipinski definition) is 3. The number of aromatic nitrogens is 4. The van der Waals surface area contributed by atoms with Crippen LogP contribution in [-0.2, 0) is 6.42 Å². The highest BCUT2D eigenvalue weighted by atomic mass is 16.5. The molecule has 10 heteroatoms. The van der Waals surface area contributed by atoms with Crippen molar-refractivity contribution in [1.29, 1.82) is 0 Å². The van der Waals surface area contributed by atoms with Gasteiger partial charge in [0.1, 0.15) is 23.0 Å². The molecule has 0 unspecified atom stereocenters. The maximum absolute atomic E-state index is 13.5. The maximum Gasteiger partial charge on any atom is 0.278 e. The number of hydrogen-bond acceptors (Lipinski definition) is 7. The summed E-state index contributed by atoms with van der Waals surface area (Å²) >= 11 is 0. The third-order valence-electron chi connectivity index (χ3n) is 10.7. The van der Waals surface area contributed by atoms with Crippen molar-refractivity contribution in [3.05, 3.63) is 239 Å². The van der Waals surface area contributed by atoms with E-state index in [4.69, 9.17) is 15.2 Å². The molecular weight excluding hydrogens is 821 g/mol. The summed E-state index contributed by atoms with van der Waals surface area (Å²) in [6.07, 6.45) is 11.8. The van der Waals surface area contributed by atoms with Crippen molar-refractivity contribution in [3.8, 4) is 17.2 Å². The fourth-order valence-corrected chi connectivity index (χ4v) is 7.41. The molecular formula is C56H44N6O4. The Bertz CT molecular complexity index is 3210. The first-order valence-corrected chi connectivity index (χ1v) is 21.5. The van der Waals surface area contributed by atoms with Gasteiger partial charge in [0, 0.05) is 64.1 Å². The van der Waals surface area contributed by atoms with Crippen LogP contribution in [0.25, 0.3) is 41.3 Å². The second-order valence-electron chi connectivity index (χ2n) is 15.4. The molecule has 0 spiro atoms. The zero-order valence-corrected chi connectivity index (χ0v) is 35.8. The van der Waals surface area contributed by atoms with Crippen LogP contribution < -0.4 is 20.5 Å². The lowest BCUT2D eigenvalue weighted by molar-refractivity contribution is 0.0949. The molecule has 2 aromatic heterocycles. The van der Waals surface area contributed by atoms with Gasteiger partial charge in [0.2, 0.25) is 0 Å². The highest BCUT2D eigenvalue weighted by Crippen LogP contribution is 2.31. The van der Waals surface area contributed by atoms with Crippen molar-refractivity contribution in [2.75, 3.05) is 11.1 Å². The van der Waals surface area contributed by atoms with Gasteiger partial charge in [-0.3, -0.25) is 14.7 Å². The zero-order valence-electron chi connectivity index (χ0n) is 35.8. The van der Waals surface area contributed by atoms with Crippen LogP contribution in [0.5, 0.6) is 17.2 Å². The van der Waals surface area contributed by atoms with Crippen LogP contribution in [0.3, 0.4) is 0 Å². The predicted octanol–water partition coefficient (Wildman–Crippen LogP) is 12.5. The second-order valence-corrected chi connectivity index (χ2v) is 15.4. The predicted molar refractivity (Wildman–Crippen MR) is 264 cm³/mol. The van der Waals surface area contributed by atoms with E-state index >= 15 is 0 Å². The van der Waals surface area contributed by atoms with Crippen LogP contribution in [0.2, 0.25) is 0 Å². The molecule has 10 nitrogen and oxygen atoms in total. The number of carbonyl (C=O) groups excluding carboxylic acids is 2. The average molecular weight is 865 g/mol. The molecule has 2 heterocycles. The molecule has 0 saturated heterocycles. The fourth-order valence-electron chi connectivity index (χ4n) is 7.41. The van der Waals surface area contributed by atoms with Crippen molar-refractivity contribution in [2.45, 2.75) is 12.8 Å². The number of amides is 1. The van der Waals surface area contributed by atoms with E-state index in [9.17, 15) is 9.59 Å². The van der Waals surface area contributed by atoms with E-state index in [2.05, 4.69) is 44.9 Å². The van der Waals surface area contributed by atoms with Crippen molar-refractivity contribution >= 4 is 64.5 Å². The van der Waals surface area contributed by atoms with Gasteiger partial charge in [0.15, 0.2) is 0 Å². The summed E-state index contributed by atoms with van der Waals surface area (Å²) in [6, 6.07) is 58.4. The highest BCUT2D eigenvalue weighted by Gasteiger charge is 2.19. The Morgan fingerprint density at radius 3 is 1.88 bits per heavy atom. The summed E-state index contributed by atoms with van der Waals surface area (Å²) in [5.41, 5.74) is 14.9. The molecule has 1 aliphatic carbocycles. The number of nitrogens with two attached hydrogens (primary N) is 1. The Hall–Kier alpha value is -9.02. The first kappa shape index (κ1) is 42.3. The van der Waals surface area contributed by atoms with Crippen molar-refractivity contribution in [1.82, 2.24) is 20.0 Å². The molecule has 0 aliphatic heterocycles. The number of anilines is 2. The first-order chi connectivity index (χ1) is 32.4. The number of nitrogens with one attached hydrogen (secondary N) is 2. The fraction of sp³-hybridized carbons (Fsp3) is 0.0357. The summed E-state index contributed by atoms with van der Waals surface area (Å²) in [5.74, 6) is 2.31. The Morgan fingerprint density at radius 2 is 1.20 bits per heavy atom. The molecule has 4 N–H and O–H groups in total. The van der Waals surface area contributed by atoms with Crippen LogP contribution >= 0.6 is 0 Å². The molecule has 0 atom stereocenters. The monoisotopic (exact) mass is 864 g/mol. The minimum absolute atomic E-state index is 0.205. The number of nitrogens with zero attached hydrogens (tertiary/aromatic N) is 3. The van der Waals surface area contributed by atoms with Crippen LogP contribution in [0.4, 0.5) is 11.4 Å². The normalized spacial score (nSPS) is 12.0. The molecule has 1 amide bonds. The molecule has 7 aromatic carbocycles. The van der Waals surface area contributed by atoms with Gasteiger partial charge in [-0.05, 0) is 90.4 Å². The van der Waals surface area contributed by atoms with Crippen molar-refractivity contribution < 1.29 is 19.1 Å². The van der Waals surface area contributed by atoms with E-state index < -0.39 is 0 Å². The maximum atomic E-state index is 13.5. The zero-order chi connectivity index (χ0) is 45.1. The third-order valence-corrected chi connectivity index (χ3v) is 10.7. The lowest BCUT2D eigenvalue weighted by Crippen LogP contribution is -2.13. The molecule has 0 radical (unpaired) electrons. The van der Waals surface area contributed by atoms with Gasteiger partial charge in [-0.1, -0.05) is 121 Å². The van der Waals surface area contributed by atoms with Gasteiger partial charge in [-0.2, -0.15) is 14.9 Å². The quantitative estimate of drug-likeness (QED) is 0.110. The minimum Gasteiger partial charge on any atom is -0.462 e. The topological polar surface area (TPSA) is 137 Å². The van der Waals surface area contributed by atoms with Gasteiger partial charge in [0.25, 0.3) is 11.8 Å². The van der Waals surface area contributed by atoms with E-state index in [-0.39, 0.29) is 11.8 Å². The number of aromatic amines is 1. The summed E-state index contributed by atoms with van der Waals surface area (Å²) in [7, 11) is 0. The van der Waals surface area contributed by atoms with E-state index in [1.165, 1.54) is 10.2 Å². The lowest BCUT2D eigenvalue weighted by atomic mass is 9.99. The van der Waals surface area contributed by atoms with Crippen LogP contribution in [-0.4, -0.2) is 31.8 Å². The summed E-state index contributed by atoms with van der Waals surface area (Å²) in [5, 5.41) is 15.9. The number of carbonyl (C=O) groups is 2. The molecule has 10 rings (SSSR count). The molecule has 9 aromatic rings. The van der Waals surface area contributed by atoms with Gasteiger partial charge in [-0.15, -0.1) is 0 Å². The number of benzene rings is 7. The van der Waals surface area contributed by atoms with Crippen molar-refractivity contribution in [2.24, 2.45) is 0 Å². The van der Waals surface area contributed by atoms with E-state index in [0.29, 0.717) is 45.2 Å². The minimum atomic E-state index is -0.238. The third kappa shape index (κ3) is 10.4. The molecule has 0 bridgehead atoms. The lowest BCUT2D eigenvalue weighted by Gasteiger charge is -2.15. The van der Waals surface area contributed by atoms with E-state index in [1.54, 1.807) is 42.5 Å². The van der Waals surface area contributed by atoms with Crippen LogP contribution in [0.15, 0.2) is 194 Å². The number of H-pyrrole nitrogens is 1. The van der Waals surface area contributed by atoms with Crippen molar-refractivity contribution in [3.63, 3.8) is 0 Å².